The van der Waals surface area contributed by atoms with Gasteiger partial charge in [-0.2, -0.15) is 0 Å². The van der Waals surface area contributed by atoms with Gasteiger partial charge in [-0.1, -0.05) is 35.4 Å². The van der Waals surface area contributed by atoms with E-state index in [-0.39, 0.29) is 24.4 Å². The third kappa shape index (κ3) is 5.77. The number of hydrogen-bond donors (Lipinski definition) is 0. The van der Waals surface area contributed by atoms with E-state index >= 15 is 0 Å². The molecular formula is C28H29ClN2O3S. The number of hydrogen-bond acceptors (Lipinski definition) is 4. The number of amides is 2. The number of nitrogens with zero attached hydrogens (tertiary/aromatic N) is 2. The lowest BCUT2D eigenvalue weighted by Gasteiger charge is -2.37. The second-order valence-corrected chi connectivity index (χ2v) is 10.1. The molecule has 182 valence electrons. The average Bonchev–Trinajstić information content (AvgIpc) is 3.33. The van der Waals surface area contributed by atoms with Gasteiger partial charge in [-0.15, -0.1) is 17.9 Å². The molecule has 2 heterocycles. The largest absolute Gasteiger partial charge is 0.491 e. The molecule has 7 heteroatoms. The zero-order valence-corrected chi connectivity index (χ0v) is 21.6. The molecule has 0 unspecified atom stereocenters. The Morgan fingerprint density at radius 3 is 2.80 bits per heavy atom. The van der Waals surface area contributed by atoms with Gasteiger partial charge in [-0.3, -0.25) is 9.59 Å². The van der Waals surface area contributed by atoms with Crippen LogP contribution >= 0.6 is 22.9 Å². The summed E-state index contributed by atoms with van der Waals surface area (Å²) in [6, 6.07) is 14.8. The summed E-state index contributed by atoms with van der Waals surface area (Å²) in [5.74, 6) is 0.426. The van der Waals surface area contributed by atoms with E-state index in [9.17, 15) is 9.59 Å². The highest BCUT2D eigenvalue weighted by Gasteiger charge is 2.33. The Bertz CT molecular complexity index is 1240. The van der Waals surface area contributed by atoms with Gasteiger partial charge in [0.2, 0.25) is 5.91 Å². The molecule has 0 bridgehead atoms. The minimum absolute atomic E-state index is 0.0190. The first-order valence-electron chi connectivity index (χ1n) is 11.6. The van der Waals surface area contributed by atoms with E-state index < -0.39 is 0 Å². The van der Waals surface area contributed by atoms with Crippen LogP contribution in [0.5, 0.6) is 5.75 Å². The molecule has 0 spiro atoms. The van der Waals surface area contributed by atoms with E-state index in [1.165, 1.54) is 4.88 Å². The average molecular weight is 509 g/mol. The van der Waals surface area contributed by atoms with Crippen LogP contribution in [0.15, 0.2) is 66.6 Å². The van der Waals surface area contributed by atoms with Gasteiger partial charge < -0.3 is 14.5 Å². The lowest BCUT2D eigenvalue weighted by molar-refractivity contribution is -0.135. The standard InChI is InChI=1S/C28H29ClN2O3S/c1-4-12-30(28(33)21-7-5-6-19(2)15-21)17-27(32)31-13-10-26-23(11-14-35-26)25(31)18-34-22-8-9-24(29)20(3)16-22/h4-9,11,14-16,25H,1,10,12-13,17-18H2,2-3H3/t25-/m0/s1. The van der Waals surface area contributed by atoms with Crippen LogP contribution in [0.1, 0.15) is 38.0 Å². The SMILES string of the molecule is C=CCN(CC(=O)N1CCc2sccc2[C@@H]1COc1ccc(Cl)c(C)c1)C(=O)c1cccc(C)c1. The number of halogens is 1. The van der Waals surface area contributed by atoms with Crippen LogP contribution in [0.25, 0.3) is 0 Å². The van der Waals surface area contributed by atoms with Gasteiger partial charge in [0.1, 0.15) is 18.9 Å². The van der Waals surface area contributed by atoms with Crippen LogP contribution in [-0.4, -0.2) is 47.9 Å². The number of ether oxygens (including phenoxy) is 1. The second-order valence-electron chi connectivity index (χ2n) is 8.72. The quantitative estimate of drug-likeness (QED) is 0.358. The molecule has 0 aliphatic carbocycles. The van der Waals surface area contributed by atoms with E-state index in [1.807, 2.05) is 55.1 Å². The van der Waals surface area contributed by atoms with Crippen LogP contribution in [0.2, 0.25) is 5.02 Å². The minimum Gasteiger partial charge on any atom is -0.491 e. The van der Waals surface area contributed by atoms with Gasteiger partial charge in [0.25, 0.3) is 5.91 Å². The fourth-order valence-electron chi connectivity index (χ4n) is 4.35. The van der Waals surface area contributed by atoms with Crippen LogP contribution in [0.3, 0.4) is 0 Å². The summed E-state index contributed by atoms with van der Waals surface area (Å²) in [5.41, 5.74) is 3.61. The smallest absolute Gasteiger partial charge is 0.254 e. The predicted molar refractivity (Wildman–Crippen MR) is 141 cm³/mol. The van der Waals surface area contributed by atoms with Gasteiger partial charge in [-0.05, 0) is 73.2 Å². The molecule has 1 aliphatic rings. The Hall–Kier alpha value is -3.09. The first-order chi connectivity index (χ1) is 16.9. The maximum atomic E-state index is 13.6. The van der Waals surface area contributed by atoms with Gasteiger partial charge in [0, 0.05) is 28.6 Å². The van der Waals surface area contributed by atoms with Crippen molar-refractivity contribution in [2.45, 2.75) is 26.3 Å². The Kier molecular flexibility index (Phi) is 7.93. The molecule has 0 N–H and O–H groups in total. The normalized spacial score (nSPS) is 14.8. The topological polar surface area (TPSA) is 49.9 Å². The lowest BCUT2D eigenvalue weighted by atomic mass is 10.00. The lowest BCUT2D eigenvalue weighted by Crippen LogP contribution is -2.47. The first-order valence-corrected chi connectivity index (χ1v) is 12.8. The molecule has 3 aromatic rings. The molecule has 1 aromatic heterocycles. The summed E-state index contributed by atoms with van der Waals surface area (Å²) < 4.78 is 6.13. The van der Waals surface area contributed by atoms with E-state index in [2.05, 4.69) is 18.0 Å². The maximum absolute atomic E-state index is 13.6. The number of carbonyl (C=O) groups excluding carboxylic acids is 2. The highest BCUT2D eigenvalue weighted by Crippen LogP contribution is 2.34. The van der Waals surface area contributed by atoms with E-state index in [4.69, 9.17) is 16.3 Å². The number of carbonyl (C=O) groups is 2. The number of rotatable bonds is 8. The second kappa shape index (κ2) is 11.1. The van der Waals surface area contributed by atoms with Crippen LogP contribution in [-0.2, 0) is 11.2 Å². The fourth-order valence-corrected chi connectivity index (χ4v) is 5.39. The number of fused-ring (bicyclic) bond motifs is 1. The molecule has 2 aromatic carbocycles. The third-order valence-electron chi connectivity index (χ3n) is 6.18. The van der Waals surface area contributed by atoms with Crippen molar-refractivity contribution in [1.82, 2.24) is 9.80 Å². The Morgan fingerprint density at radius 1 is 1.23 bits per heavy atom. The van der Waals surface area contributed by atoms with Gasteiger partial charge >= 0.3 is 0 Å². The number of benzene rings is 2. The van der Waals surface area contributed by atoms with Gasteiger partial charge in [-0.25, -0.2) is 0 Å². The van der Waals surface area contributed by atoms with Crippen molar-refractivity contribution in [3.05, 3.63) is 98.7 Å². The summed E-state index contributed by atoms with van der Waals surface area (Å²) >= 11 is 7.86. The molecule has 1 aliphatic heterocycles. The van der Waals surface area contributed by atoms with Crippen LogP contribution in [0.4, 0.5) is 0 Å². The molecule has 4 rings (SSSR count). The van der Waals surface area contributed by atoms with Crippen molar-refractivity contribution in [1.29, 1.82) is 0 Å². The highest BCUT2D eigenvalue weighted by atomic mass is 35.5. The molecular weight excluding hydrogens is 480 g/mol. The Labute approximate surface area is 215 Å². The van der Waals surface area contributed by atoms with Crippen molar-refractivity contribution in [2.75, 3.05) is 26.2 Å². The van der Waals surface area contributed by atoms with Crippen molar-refractivity contribution >= 4 is 34.8 Å². The molecule has 0 saturated heterocycles. The zero-order chi connectivity index (χ0) is 24.9. The summed E-state index contributed by atoms with van der Waals surface area (Å²) in [6.07, 6.45) is 2.44. The third-order valence-corrected chi connectivity index (χ3v) is 7.60. The minimum atomic E-state index is -0.229. The van der Waals surface area contributed by atoms with Crippen molar-refractivity contribution in [3.8, 4) is 5.75 Å². The Morgan fingerprint density at radius 2 is 2.06 bits per heavy atom. The van der Waals surface area contributed by atoms with Gasteiger partial charge in [0.15, 0.2) is 0 Å². The van der Waals surface area contributed by atoms with E-state index in [0.717, 1.165) is 23.1 Å². The van der Waals surface area contributed by atoms with Crippen molar-refractivity contribution in [2.24, 2.45) is 0 Å². The molecule has 5 nitrogen and oxygen atoms in total. The summed E-state index contributed by atoms with van der Waals surface area (Å²) in [4.78, 5) is 31.4. The molecule has 1 atom stereocenters. The Balaban J connectivity index is 1.53. The highest BCUT2D eigenvalue weighted by molar-refractivity contribution is 7.10. The van der Waals surface area contributed by atoms with Crippen molar-refractivity contribution in [3.63, 3.8) is 0 Å². The van der Waals surface area contributed by atoms with Crippen LogP contribution in [0, 0.1) is 13.8 Å². The molecule has 0 fully saturated rings. The monoisotopic (exact) mass is 508 g/mol. The number of aryl methyl sites for hydroxylation is 2. The maximum Gasteiger partial charge on any atom is 0.254 e. The van der Waals surface area contributed by atoms with E-state index in [1.54, 1.807) is 28.4 Å². The predicted octanol–water partition coefficient (Wildman–Crippen LogP) is 5.85. The molecule has 0 radical (unpaired) electrons. The molecule has 2 amide bonds. The number of thiophene rings is 1. The van der Waals surface area contributed by atoms with E-state index in [0.29, 0.717) is 36.0 Å². The molecule has 0 saturated carbocycles. The summed E-state index contributed by atoms with van der Waals surface area (Å²) in [6.45, 7) is 8.84. The van der Waals surface area contributed by atoms with Gasteiger partial charge in [0.05, 0.1) is 6.04 Å². The van der Waals surface area contributed by atoms with Crippen molar-refractivity contribution < 1.29 is 14.3 Å². The zero-order valence-electron chi connectivity index (χ0n) is 20.0. The molecule has 35 heavy (non-hydrogen) atoms. The fraction of sp³-hybridized carbons (Fsp3) is 0.286. The summed E-state index contributed by atoms with van der Waals surface area (Å²) in [5, 5.41) is 2.75. The summed E-state index contributed by atoms with van der Waals surface area (Å²) in [7, 11) is 0. The first kappa shape index (κ1) is 25.0. The van der Waals surface area contributed by atoms with Crippen LogP contribution < -0.4 is 4.74 Å².